The lowest BCUT2D eigenvalue weighted by Crippen LogP contribution is -2.35. The number of hydrogen-bond acceptors (Lipinski definition) is 8. The van der Waals surface area contributed by atoms with Gasteiger partial charge < -0.3 is 8.92 Å². The Balaban J connectivity index is 1.61. The first-order chi connectivity index (χ1) is 15.7. The first-order valence-corrected chi connectivity index (χ1v) is 12.6. The van der Waals surface area contributed by atoms with Crippen molar-refractivity contribution in [2.75, 3.05) is 12.9 Å². The van der Waals surface area contributed by atoms with Crippen molar-refractivity contribution in [2.24, 2.45) is 10.1 Å². The molecule has 11 heteroatoms. The lowest BCUT2D eigenvalue weighted by molar-refractivity contribution is -0.114. The van der Waals surface area contributed by atoms with E-state index in [0.717, 1.165) is 16.9 Å². The van der Waals surface area contributed by atoms with Gasteiger partial charge in [0, 0.05) is 6.42 Å². The Labute approximate surface area is 195 Å². The zero-order chi connectivity index (χ0) is 23.6. The number of hydrogen-bond donors (Lipinski definition) is 1. The molecule has 0 spiro atoms. The van der Waals surface area contributed by atoms with E-state index in [1.807, 2.05) is 30.3 Å². The molecule has 0 saturated carbocycles. The number of amides is 1. The maximum absolute atomic E-state index is 12.7. The number of amidine groups is 2. The molecule has 2 heterocycles. The fourth-order valence-corrected chi connectivity index (χ4v) is 4.54. The van der Waals surface area contributed by atoms with Gasteiger partial charge in [0.25, 0.3) is 5.91 Å². The quantitative estimate of drug-likeness (QED) is 0.473. The second kappa shape index (κ2) is 9.20. The molecule has 4 rings (SSSR count). The summed E-state index contributed by atoms with van der Waals surface area (Å²) < 4.78 is 33.4. The van der Waals surface area contributed by atoms with Gasteiger partial charge in [0.15, 0.2) is 17.3 Å². The Morgan fingerprint density at radius 1 is 1.15 bits per heavy atom. The number of nitrogens with zero attached hydrogens (tertiary/aromatic N) is 3. The molecular formula is C22H20N4O5S2. The van der Waals surface area contributed by atoms with E-state index in [2.05, 4.69) is 10.1 Å². The molecule has 2 aliphatic heterocycles. The van der Waals surface area contributed by atoms with Crippen LogP contribution in [-0.4, -0.2) is 48.2 Å². The van der Waals surface area contributed by atoms with Crippen LogP contribution in [0.25, 0.3) is 6.08 Å². The molecule has 0 radical (unpaired) electrons. The predicted octanol–water partition coefficient (Wildman–Crippen LogP) is 3.29. The fourth-order valence-electron chi connectivity index (χ4n) is 3.15. The van der Waals surface area contributed by atoms with Gasteiger partial charge in [-0.15, -0.1) is 0 Å². The van der Waals surface area contributed by atoms with Gasteiger partial charge in [-0.3, -0.25) is 10.2 Å². The summed E-state index contributed by atoms with van der Waals surface area (Å²) in [5.74, 6) is -0.395. The summed E-state index contributed by atoms with van der Waals surface area (Å²) in [7, 11) is -3.74. The van der Waals surface area contributed by atoms with E-state index in [0.29, 0.717) is 17.2 Å². The summed E-state index contributed by atoms with van der Waals surface area (Å²) in [4.78, 5) is 16.8. The number of benzene rings is 2. The number of carbonyl (C=O) groups is 1. The SMILES string of the molecule is CCOc1cc(/C=C2/C(=N)N3N=C(Cc4ccccc4)SC3=NC2=O)ccc1OS(C)(=O)=O. The smallest absolute Gasteiger partial charge is 0.306 e. The molecular weight excluding hydrogens is 464 g/mol. The normalized spacial score (nSPS) is 17.0. The molecule has 2 aromatic rings. The molecule has 33 heavy (non-hydrogen) atoms. The highest BCUT2D eigenvalue weighted by atomic mass is 32.2. The van der Waals surface area contributed by atoms with Crippen LogP contribution in [0.4, 0.5) is 0 Å². The average molecular weight is 485 g/mol. The van der Waals surface area contributed by atoms with Gasteiger partial charge in [-0.25, -0.2) is 0 Å². The monoisotopic (exact) mass is 484 g/mol. The van der Waals surface area contributed by atoms with E-state index >= 15 is 0 Å². The van der Waals surface area contributed by atoms with Crippen molar-refractivity contribution in [2.45, 2.75) is 13.3 Å². The van der Waals surface area contributed by atoms with Gasteiger partial charge in [0.05, 0.1) is 18.4 Å². The third-order valence-electron chi connectivity index (χ3n) is 4.51. The van der Waals surface area contributed by atoms with Crippen LogP contribution in [0.15, 0.2) is 64.2 Å². The molecule has 170 valence electrons. The van der Waals surface area contributed by atoms with Crippen LogP contribution < -0.4 is 8.92 Å². The van der Waals surface area contributed by atoms with Crippen molar-refractivity contribution in [3.63, 3.8) is 0 Å². The molecule has 0 fully saturated rings. The second-order valence-electron chi connectivity index (χ2n) is 7.10. The summed E-state index contributed by atoms with van der Waals surface area (Å²) >= 11 is 1.27. The van der Waals surface area contributed by atoms with Crippen molar-refractivity contribution in [1.29, 1.82) is 5.41 Å². The largest absolute Gasteiger partial charge is 0.490 e. The summed E-state index contributed by atoms with van der Waals surface area (Å²) in [6, 6.07) is 14.3. The minimum Gasteiger partial charge on any atom is -0.490 e. The number of nitrogens with one attached hydrogen (secondary N) is 1. The highest BCUT2D eigenvalue weighted by Gasteiger charge is 2.35. The van der Waals surface area contributed by atoms with E-state index in [-0.39, 0.29) is 29.5 Å². The van der Waals surface area contributed by atoms with Gasteiger partial charge in [0.2, 0.25) is 5.17 Å². The van der Waals surface area contributed by atoms with E-state index < -0.39 is 16.0 Å². The third-order valence-corrected chi connectivity index (χ3v) is 5.91. The Hall–Kier alpha value is -3.44. The fraction of sp³-hybridized carbons (Fsp3) is 0.182. The van der Waals surface area contributed by atoms with Crippen LogP contribution in [0.3, 0.4) is 0 Å². The number of fused-ring (bicyclic) bond motifs is 1. The van der Waals surface area contributed by atoms with Gasteiger partial charge in [-0.1, -0.05) is 36.4 Å². The minimum atomic E-state index is -3.74. The Morgan fingerprint density at radius 3 is 2.61 bits per heavy atom. The number of hydrazone groups is 1. The Bertz CT molecular complexity index is 1320. The number of ether oxygens (including phenoxy) is 1. The first kappa shape index (κ1) is 22.7. The molecule has 0 aromatic heterocycles. The number of thioether (sulfide) groups is 1. The van der Waals surface area contributed by atoms with Crippen molar-refractivity contribution in [3.8, 4) is 11.5 Å². The summed E-state index contributed by atoms with van der Waals surface area (Å²) in [5, 5.41) is 15.4. The number of rotatable bonds is 7. The van der Waals surface area contributed by atoms with Crippen molar-refractivity contribution in [1.82, 2.24) is 5.01 Å². The van der Waals surface area contributed by atoms with Crippen LogP contribution in [0.2, 0.25) is 0 Å². The summed E-state index contributed by atoms with van der Waals surface area (Å²) in [6.45, 7) is 2.04. The predicted molar refractivity (Wildman–Crippen MR) is 128 cm³/mol. The molecule has 1 amide bonds. The zero-order valence-corrected chi connectivity index (χ0v) is 19.4. The average Bonchev–Trinajstić information content (AvgIpc) is 3.15. The highest BCUT2D eigenvalue weighted by Crippen LogP contribution is 2.32. The van der Waals surface area contributed by atoms with Gasteiger partial charge in [-0.05, 0) is 48.0 Å². The van der Waals surface area contributed by atoms with Crippen molar-refractivity contribution >= 4 is 49.9 Å². The second-order valence-corrected chi connectivity index (χ2v) is 9.72. The molecule has 0 aliphatic carbocycles. The minimum absolute atomic E-state index is 0.0398. The Kier molecular flexibility index (Phi) is 6.34. The van der Waals surface area contributed by atoms with Crippen molar-refractivity contribution in [3.05, 3.63) is 65.2 Å². The van der Waals surface area contributed by atoms with Crippen LogP contribution in [0.1, 0.15) is 18.1 Å². The maximum atomic E-state index is 12.7. The zero-order valence-electron chi connectivity index (χ0n) is 17.8. The van der Waals surface area contributed by atoms with Crippen LogP contribution in [0, 0.1) is 5.41 Å². The van der Waals surface area contributed by atoms with E-state index in [9.17, 15) is 13.2 Å². The molecule has 0 unspecified atom stereocenters. The van der Waals surface area contributed by atoms with Crippen LogP contribution >= 0.6 is 11.8 Å². The van der Waals surface area contributed by atoms with Crippen molar-refractivity contribution < 1.29 is 22.1 Å². The lowest BCUT2D eigenvalue weighted by atomic mass is 10.1. The topological polar surface area (TPSA) is 121 Å². The highest BCUT2D eigenvalue weighted by molar-refractivity contribution is 8.26. The molecule has 0 bridgehead atoms. The molecule has 0 atom stereocenters. The lowest BCUT2D eigenvalue weighted by Gasteiger charge is -2.20. The summed E-state index contributed by atoms with van der Waals surface area (Å²) in [5.41, 5.74) is 1.65. The van der Waals surface area contributed by atoms with E-state index in [1.165, 1.54) is 28.9 Å². The number of carbonyl (C=O) groups excluding carboxylic acids is 1. The summed E-state index contributed by atoms with van der Waals surface area (Å²) in [6.07, 6.45) is 3.00. The maximum Gasteiger partial charge on any atom is 0.306 e. The molecule has 2 aromatic carbocycles. The Morgan fingerprint density at radius 2 is 1.91 bits per heavy atom. The van der Waals surface area contributed by atoms with E-state index in [1.54, 1.807) is 19.1 Å². The number of aliphatic imine (C=N–C) groups is 1. The molecule has 0 saturated heterocycles. The molecule has 1 N–H and O–H groups in total. The third kappa shape index (κ3) is 5.32. The van der Waals surface area contributed by atoms with Gasteiger partial charge >= 0.3 is 10.1 Å². The molecule has 9 nitrogen and oxygen atoms in total. The van der Waals surface area contributed by atoms with E-state index in [4.69, 9.17) is 14.3 Å². The van der Waals surface area contributed by atoms with Gasteiger partial charge in [0.1, 0.15) is 5.04 Å². The van der Waals surface area contributed by atoms with Gasteiger partial charge in [-0.2, -0.15) is 23.5 Å². The molecule has 2 aliphatic rings. The first-order valence-electron chi connectivity index (χ1n) is 9.93. The standard InChI is InChI=1S/C22H20N4O5S2/c1-3-30-18-12-15(9-10-17(18)31-33(2,28)29)11-16-20(23)26-22(24-21(16)27)32-19(25-26)13-14-7-5-4-6-8-14/h4-12,23H,3,13H2,1-2H3/b16-11-,23-20?. The van der Waals surface area contributed by atoms with Crippen LogP contribution in [0.5, 0.6) is 11.5 Å². The van der Waals surface area contributed by atoms with Crippen LogP contribution in [-0.2, 0) is 21.3 Å².